The Kier molecular flexibility index (Phi) is 11.1. The number of ether oxygens (including phenoxy) is 1. The van der Waals surface area contributed by atoms with Crippen molar-refractivity contribution < 1.29 is 13.2 Å². The van der Waals surface area contributed by atoms with Crippen molar-refractivity contribution in [2.75, 3.05) is 33.8 Å². The van der Waals surface area contributed by atoms with Crippen LogP contribution >= 0.6 is 24.0 Å². The van der Waals surface area contributed by atoms with Crippen LogP contribution < -0.4 is 20.1 Å². The maximum Gasteiger partial charge on any atom is 0.240 e. The fourth-order valence-electron chi connectivity index (χ4n) is 2.81. The number of aryl methyl sites for hydroxylation is 2. The zero-order valence-electron chi connectivity index (χ0n) is 17.9. The van der Waals surface area contributed by atoms with Gasteiger partial charge in [0, 0.05) is 26.7 Å². The summed E-state index contributed by atoms with van der Waals surface area (Å²) in [4.78, 5) is 4.43. The summed E-state index contributed by atoms with van der Waals surface area (Å²) < 4.78 is 32.5. The molecule has 0 saturated heterocycles. The lowest BCUT2D eigenvalue weighted by molar-refractivity contribution is 0.409. The van der Waals surface area contributed by atoms with Crippen LogP contribution in [0.25, 0.3) is 0 Å². The molecule has 0 amide bonds. The highest BCUT2D eigenvalue weighted by molar-refractivity contribution is 14.0. The predicted molar refractivity (Wildman–Crippen MR) is 133 cm³/mol. The molecule has 0 aromatic heterocycles. The molecule has 2 aromatic rings. The highest BCUT2D eigenvalue weighted by atomic mass is 127. The molecule has 7 nitrogen and oxygen atoms in total. The van der Waals surface area contributed by atoms with Gasteiger partial charge < -0.3 is 15.4 Å². The van der Waals surface area contributed by atoms with Gasteiger partial charge in [0.05, 0.1) is 12.0 Å². The molecule has 166 valence electrons. The van der Waals surface area contributed by atoms with E-state index in [9.17, 15) is 8.42 Å². The number of methoxy groups -OCH3 is 1. The van der Waals surface area contributed by atoms with Gasteiger partial charge in [-0.15, -0.1) is 24.0 Å². The molecule has 0 bridgehead atoms. The van der Waals surface area contributed by atoms with Gasteiger partial charge in [-0.3, -0.25) is 4.99 Å². The third kappa shape index (κ3) is 8.11. The molecule has 9 heteroatoms. The van der Waals surface area contributed by atoms with E-state index in [4.69, 9.17) is 4.74 Å². The number of hydrogen-bond acceptors (Lipinski definition) is 4. The Morgan fingerprint density at radius 2 is 1.60 bits per heavy atom. The fraction of sp³-hybridized carbons (Fsp3) is 0.381. The normalized spacial score (nSPS) is 11.5. The van der Waals surface area contributed by atoms with Crippen LogP contribution in [0.4, 0.5) is 0 Å². The molecule has 3 N–H and O–H groups in total. The third-order valence-electron chi connectivity index (χ3n) is 4.39. The summed E-state index contributed by atoms with van der Waals surface area (Å²) in [5, 5.41) is 6.34. The number of nitrogens with one attached hydrogen (secondary N) is 3. The Morgan fingerprint density at radius 1 is 0.967 bits per heavy atom. The van der Waals surface area contributed by atoms with Crippen molar-refractivity contribution in [1.29, 1.82) is 0 Å². The van der Waals surface area contributed by atoms with Gasteiger partial charge in [0.15, 0.2) is 5.96 Å². The SMILES string of the molecule is CN=C(NCCNS(=O)(=O)c1ccc(C)cc1)NCCc1cc(C)ccc1OC.I. The van der Waals surface area contributed by atoms with E-state index in [0.29, 0.717) is 19.0 Å². The Bertz CT molecular complexity index is 932. The quantitative estimate of drug-likeness (QED) is 0.195. The van der Waals surface area contributed by atoms with Crippen molar-refractivity contribution in [1.82, 2.24) is 15.4 Å². The second-order valence-electron chi connectivity index (χ2n) is 6.70. The summed E-state index contributed by atoms with van der Waals surface area (Å²) in [6.07, 6.45) is 0.783. The maximum atomic E-state index is 12.3. The van der Waals surface area contributed by atoms with Crippen LogP contribution in [-0.2, 0) is 16.4 Å². The van der Waals surface area contributed by atoms with Gasteiger partial charge >= 0.3 is 0 Å². The molecule has 0 saturated carbocycles. The first kappa shape index (κ1) is 26.2. The summed E-state index contributed by atoms with van der Waals surface area (Å²) in [5.41, 5.74) is 3.33. The lowest BCUT2D eigenvalue weighted by atomic mass is 10.1. The van der Waals surface area contributed by atoms with Crippen molar-refractivity contribution in [2.45, 2.75) is 25.2 Å². The minimum absolute atomic E-state index is 0. The van der Waals surface area contributed by atoms with Gasteiger partial charge in [0.25, 0.3) is 0 Å². The molecule has 0 aliphatic rings. The molecule has 30 heavy (non-hydrogen) atoms. The zero-order valence-corrected chi connectivity index (χ0v) is 21.0. The summed E-state index contributed by atoms with van der Waals surface area (Å²) in [6, 6.07) is 12.9. The molecule has 0 radical (unpaired) electrons. The van der Waals surface area contributed by atoms with Crippen molar-refractivity contribution in [3.05, 3.63) is 59.2 Å². The molecule has 0 aliphatic carbocycles. The first-order valence-corrected chi connectivity index (χ1v) is 11.0. The lowest BCUT2D eigenvalue weighted by Crippen LogP contribution is -2.42. The van der Waals surface area contributed by atoms with E-state index in [2.05, 4.69) is 33.3 Å². The number of hydrogen-bond donors (Lipinski definition) is 3. The molecule has 0 spiro atoms. The average molecular weight is 546 g/mol. The number of benzene rings is 2. The summed E-state index contributed by atoms with van der Waals surface area (Å²) in [5.74, 6) is 1.48. The number of aliphatic imine (C=N–C) groups is 1. The largest absolute Gasteiger partial charge is 0.496 e. The van der Waals surface area contributed by atoms with E-state index in [1.807, 2.05) is 19.1 Å². The van der Waals surface area contributed by atoms with Gasteiger partial charge in [-0.2, -0.15) is 0 Å². The molecule has 2 aromatic carbocycles. The van der Waals surface area contributed by atoms with Crippen molar-refractivity contribution in [3.8, 4) is 5.75 Å². The van der Waals surface area contributed by atoms with E-state index in [-0.39, 0.29) is 35.4 Å². The smallest absolute Gasteiger partial charge is 0.240 e. The molecule has 0 unspecified atom stereocenters. The second-order valence-corrected chi connectivity index (χ2v) is 8.47. The van der Waals surface area contributed by atoms with E-state index in [1.165, 1.54) is 5.56 Å². The number of guanidine groups is 1. The topological polar surface area (TPSA) is 91.8 Å². The van der Waals surface area contributed by atoms with Crippen LogP contribution in [0.5, 0.6) is 5.75 Å². The summed E-state index contributed by atoms with van der Waals surface area (Å²) in [6.45, 7) is 5.31. The Morgan fingerprint density at radius 3 is 2.23 bits per heavy atom. The van der Waals surface area contributed by atoms with Crippen molar-refractivity contribution in [2.24, 2.45) is 4.99 Å². The number of rotatable bonds is 9. The van der Waals surface area contributed by atoms with Crippen LogP contribution in [0, 0.1) is 13.8 Å². The molecule has 0 fully saturated rings. The summed E-state index contributed by atoms with van der Waals surface area (Å²) >= 11 is 0. The van der Waals surface area contributed by atoms with E-state index in [1.54, 1.807) is 38.4 Å². The Balaban J connectivity index is 0.00000450. The minimum Gasteiger partial charge on any atom is -0.496 e. The minimum atomic E-state index is -3.51. The lowest BCUT2D eigenvalue weighted by Gasteiger charge is -2.14. The van der Waals surface area contributed by atoms with Gasteiger partial charge in [-0.25, -0.2) is 13.1 Å². The summed E-state index contributed by atoms with van der Waals surface area (Å²) in [7, 11) is -0.165. The van der Waals surface area contributed by atoms with Crippen LogP contribution in [0.15, 0.2) is 52.4 Å². The van der Waals surface area contributed by atoms with Crippen molar-refractivity contribution in [3.63, 3.8) is 0 Å². The third-order valence-corrected chi connectivity index (χ3v) is 5.86. The van der Waals surface area contributed by atoms with E-state index in [0.717, 1.165) is 23.3 Å². The molecule has 2 rings (SSSR count). The predicted octanol–water partition coefficient (Wildman–Crippen LogP) is 2.62. The van der Waals surface area contributed by atoms with Gasteiger partial charge in [-0.1, -0.05) is 35.4 Å². The standard InChI is InChI=1S/C21H30N4O3S.HI/c1-16-5-8-19(9-6-16)29(26,27)25-14-13-24-21(22-3)23-12-11-18-15-17(2)7-10-20(18)28-4;/h5-10,15,25H,11-14H2,1-4H3,(H2,22,23,24);1H. The molecule has 0 aliphatic heterocycles. The molecular weight excluding hydrogens is 515 g/mol. The monoisotopic (exact) mass is 546 g/mol. The second kappa shape index (κ2) is 12.8. The molecule has 0 atom stereocenters. The van der Waals surface area contributed by atoms with Crippen LogP contribution in [0.2, 0.25) is 0 Å². The molecular formula is C21H31IN4O3S. The highest BCUT2D eigenvalue weighted by Gasteiger charge is 2.12. The van der Waals surface area contributed by atoms with Crippen molar-refractivity contribution >= 4 is 40.0 Å². The van der Waals surface area contributed by atoms with E-state index < -0.39 is 10.0 Å². The van der Waals surface area contributed by atoms with Gasteiger partial charge in [0.2, 0.25) is 10.0 Å². The van der Waals surface area contributed by atoms with Crippen LogP contribution in [0.3, 0.4) is 0 Å². The average Bonchev–Trinajstić information content (AvgIpc) is 2.70. The first-order valence-electron chi connectivity index (χ1n) is 9.50. The van der Waals surface area contributed by atoms with E-state index >= 15 is 0 Å². The number of halogens is 1. The Labute approximate surface area is 196 Å². The van der Waals surface area contributed by atoms with Crippen LogP contribution in [-0.4, -0.2) is 48.2 Å². The van der Waals surface area contributed by atoms with Gasteiger partial charge in [-0.05, 0) is 44.0 Å². The van der Waals surface area contributed by atoms with Crippen LogP contribution in [0.1, 0.15) is 16.7 Å². The highest BCUT2D eigenvalue weighted by Crippen LogP contribution is 2.19. The molecule has 0 heterocycles. The Hall–Kier alpha value is -1.85. The number of sulfonamides is 1. The fourth-order valence-corrected chi connectivity index (χ4v) is 3.84. The number of nitrogens with zero attached hydrogens (tertiary/aromatic N) is 1. The van der Waals surface area contributed by atoms with Gasteiger partial charge in [0.1, 0.15) is 5.75 Å². The maximum absolute atomic E-state index is 12.3. The first-order chi connectivity index (χ1) is 13.9. The zero-order chi connectivity index (χ0) is 21.3.